The summed E-state index contributed by atoms with van der Waals surface area (Å²) in [6.45, 7) is 12.2. The first-order chi connectivity index (χ1) is 7.38. The van der Waals surface area contributed by atoms with Crippen molar-refractivity contribution < 1.29 is 17.6 Å². The Bertz CT molecular complexity index is 236. The lowest BCUT2D eigenvalue weighted by molar-refractivity contribution is -0.151. The Labute approximate surface area is 103 Å². The van der Waals surface area contributed by atoms with Crippen molar-refractivity contribution in [3.05, 3.63) is 0 Å². The molecule has 0 amide bonds. The van der Waals surface area contributed by atoms with Crippen molar-refractivity contribution in [3.63, 3.8) is 0 Å². The van der Waals surface area contributed by atoms with Gasteiger partial charge in [0.1, 0.15) is 6.04 Å². The van der Waals surface area contributed by atoms with Crippen molar-refractivity contribution in [2.45, 2.75) is 58.0 Å². The fraction of sp³-hybridized carbons (Fsp3) is 1.00. The molecule has 104 valence electrons. The molecular weight excluding hydrogens is 247 g/mol. The van der Waals surface area contributed by atoms with E-state index in [0.29, 0.717) is 6.61 Å². The summed E-state index contributed by atoms with van der Waals surface area (Å²) in [5, 5.41) is 2.50. The molecule has 0 spiro atoms. The highest BCUT2D eigenvalue weighted by Crippen LogP contribution is 2.36. The zero-order valence-corrected chi connectivity index (χ0v) is 12.5. The van der Waals surface area contributed by atoms with Gasteiger partial charge < -0.3 is 9.74 Å². The molecule has 6 heteroatoms. The van der Waals surface area contributed by atoms with E-state index in [0.717, 1.165) is 6.92 Å². The van der Waals surface area contributed by atoms with E-state index in [1.54, 1.807) is 0 Å². The van der Waals surface area contributed by atoms with Crippen LogP contribution in [0.1, 0.15) is 27.7 Å². The Morgan fingerprint density at radius 3 is 2.00 bits per heavy atom. The molecule has 0 bridgehead atoms. The van der Waals surface area contributed by atoms with Gasteiger partial charge in [0, 0.05) is 13.2 Å². The molecule has 0 saturated heterocycles. The van der Waals surface area contributed by atoms with Crippen LogP contribution in [-0.4, -0.2) is 33.7 Å². The number of hydrogen-bond donors (Lipinski definition) is 1. The molecule has 2 nitrogen and oxygen atoms in total. The summed E-state index contributed by atoms with van der Waals surface area (Å²) < 4.78 is 42.4. The molecule has 0 aliphatic carbocycles. The maximum atomic E-state index is 12.2. The summed E-state index contributed by atoms with van der Waals surface area (Å²) in [6, 6.07) is -1.48. The zero-order chi connectivity index (χ0) is 13.9. The SMILES string of the molecule is CC(NCCO[Si](C)(C)C(C)(C)C)C(F)(F)F. The van der Waals surface area contributed by atoms with Crippen LogP contribution in [0.15, 0.2) is 0 Å². The highest BCUT2D eigenvalue weighted by Gasteiger charge is 2.38. The molecule has 1 atom stereocenters. The minimum Gasteiger partial charge on any atom is -0.416 e. The van der Waals surface area contributed by atoms with Gasteiger partial charge in [-0.3, -0.25) is 0 Å². The van der Waals surface area contributed by atoms with Gasteiger partial charge in [-0.25, -0.2) is 0 Å². The predicted octanol–water partition coefficient (Wildman–Crippen LogP) is 3.55. The lowest BCUT2D eigenvalue weighted by atomic mass is 10.2. The van der Waals surface area contributed by atoms with Crippen LogP contribution >= 0.6 is 0 Å². The molecule has 0 aromatic carbocycles. The third-order valence-electron chi connectivity index (χ3n) is 3.31. The van der Waals surface area contributed by atoms with E-state index in [4.69, 9.17) is 4.43 Å². The Hall–Kier alpha value is -0.0731. The Balaban J connectivity index is 3.95. The maximum absolute atomic E-state index is 12.2. The molecule has 0 aromatic rings. The van der Waals surface area contributed by atoms with Gasteiger partial charge in [-0.1, -0.05) is 20.8 Å². The molecule has 0 aliphatic rings. The van der Waals surface area contributed by atoms with Crippen molar-refractivity contribution >= 4 is 8.32 Å². The minimum absolute atomic E-state index is 0.0860. The molecule has 0 saturated carbocycles. The lowest BCUT2D eigenvalue weighted by Crippen LogP contribution is -2.45. The van der Waals surface area contributed by atoms with Crippen molar-refractivity contribution in [1.29, 1.82) is 0 Å². The summed E-state index contributed by atoms with van der Waals surface area (Å²) in [5.41, 5.74) is 0. The van der Waals surface area contributed by atoms with Gasteiger partial charge in [-0.15, -0.1) is 0 Å². The van der Waals surface area contributed by atoms with E-state index < -0.39 is 20.5 Å². The molecular formula is C11H24F3NOSi. The average Bonchev–Trinajstić information content (AvgIpc) is 2.08. The largest absolute Gasteiger partial charge is 0.416 e. The Morgan fingerprint density at radius 1 is 1.18 bits per heavy atom. The van der Waals surface area contributed by atoms with Crippen molar-refractivity contribution in [2.75, 3.05) is 13.2 Å². The van der Waals surface area contributed by atoms with Crippen molar-refractivity contribution in [1.82, 2.24) is 5.32 Å². The quantitative estimate of drug-likeness (QED) is 0.610. The van der Waals surface area contributed by atoms with E-state index in [1.165, 1.54) is 0 Å². The van der Waals surface area contributed by atoms with E-state index in [-0.39, 0.29) is 11.6 Å². The van der Waals surface area contributed by atoms with E-state index in [2.05, 4.69) is 39.2 Å². The van der Waals surface area contributed by atoms with Gasteiger partial charge in [0.2, 0.25) is 0 Å². The normalized spacial score (nSPS) is 16.1. The minimum atomic E-state index is -4.18. The van der Waals surface area contributed by atoms with Crippen LogP contribution in [0.3, 0.4) is 0 Å². The maximum Gasteiger partial charge on any atom is 0.403 e. The number of alkyl halides is 3. The average molecular weight is 271 g/mol. The summed E-state index contributed by atoms with van der Waals surface area (Å²) >= 11 is 0. The van der Waals surface area contributed by atoms with Crippen LogP contribution in [0, 0.1) is 0 Å². The van der Waals surface area contributed by atoms with Gasteiger partial charge in [0.15, 0.2) is 8.32 Å². The third-order valence-corrected chi connectivity index (χ3v) is 7.85. The van der Waals surface area contributed by atoms with Crippen LogP contribution in [-0.2, 0) is 4.43 Å². The van der Waals surface area contributed by atoms with Gasteiger partial charge >= 0.3 is 6.18 Å². The third kappa shape index (κ3) is 5.88. The number of nitrogens with one attached hydrogen (secondary N) is 1. The molecule has 0 aliphatic heterocycles. The smallest absolute Gasteiger partial charge is 0.403 e. The summed E-state index contributed by atoms with van der Waals surface area (Å²) in [5.74, 6) is 0. The number of hydrogen-bond acceptors (Lipinski definition) is 2. The predicted molar refractivity (Wildman–Crippen MR) is 66.7 cm³/mol. The first-order valence-electron chi connectivity index (χ1n) is 5.82. The second-order valence-corrected chi connectivity index (χ2v) is 10.6. The summed E-state index contributed by atoms with van der Waals surface area (Å²) in [6.07, 6.45) is -4.18. The standard InChI is InChI=1S/C11H24F3NOSi/c1-9(11(12,13)14)15-7-8-16-17(5,6)10(2,3)4/h9,15H,7-8H2,1-6H3. The van der Waals surface area contributed by atoms with Crippen molar-refractivity contribution in [2.24, 2.45) is 0 Å². The monoisotopic (exact) mass is 271 g/mol. The van der Waals surface area contributed by atoms with Crippen LogP contribution in [0.4, 0.5) is 13.2 Å². The molecule has 0 fully saturated rings. The Kier molecular flexibility index (Phi) is 5.69. The molecule has 0 radical (unpaired) electrons. The molecule has 17 heavy (non-hydrogen) atoms. The van der Waals surface area contributed by atoms with Gasteiger partial charge in [-0.05, 0) is 25.1 Å². The van der Waals surface area contributed by atoms with E-state index in [1.807, 2.05) is 0 Å². The van der Waals surface area contributed by atoms with Crippen LogP contribution in [0.5, 0.6) is 0 Å². The fourth-order valence-electron chi connectivity index (χ4n) is 0.914. The fourth-order valence-corrected chi connectivity index (χ4v) is 1.96. The second kappa shape index (κ2) is 5.71. The zero-order valence-electron chi connectivity index (χ0n) is 11.5. The molecule has 0 heterocycles. The van der Waals surface area contributed by atoms with E-state index >= 15 is 0 Å². The number of halogens is 3. The molecule has 0 aromatic heterocycles. The number of rotatable bonds is 5. The first-order valence-corrected chi connectivity index (χ1v) is 8.73. The molecule has 0 rings (SSSR count). The summed E-state index contributed by atoms with van der Waals surface area (Å²) in [4.78, 5) is 0. The molecule has 1 unspecified atom stereocenters. The Morgan fingerprint density at radius 2 is 1.65 bits per heavy atom. The highest BCUT2D eigenvalue weighted by molar-refractivity contribution is 6.74. The van der Waals surface area contributed by atoms with E-state index in [9.17, 15) is 13.2 Å². The molecule has 1 N–H and O–H groups in total. The van der Waals surface area contributed by atoms with Crippen LogP contribution < -0.4 is 5.32 Å². The van der Waals surface area contributed by atoms with Crippen molar-refractivity contribution in [3.8, 4) is 0 Å². The van der Waals surface area contributed by atoms with Gasteiger partial charge in [0.25, 0.3) is 0 Å². The van der Waals surface area contributed by atoms with Gasteiger partial charge in [0.05, 0.1) is 0 Å². The second-order valence-electron chi connectivity index (χ2n) is 5.83. The lowest BCUT2D eigenvalue weighted by Gasteiger charge is -2.36. The van der Waals surface area contributed by atoms with Crippen LogP contribution in [0.25, 0.3) is 0 Å². The topological polar surface area (TPSA) is 21.3 Å². The van der Waals surface area contributed by atoms with Crippen LogP contribution in [0.2, 0.25) is 18.1 Å². The highest BCUT2D eigenvalue weighted by atomic mass is 28.4. The first kappa shape index (κ1) is 16.9. The van der Waals surface area contributed by atoms with Gasteiger partial charge in [-0.2, -0.15) is 13.2 Å². The summed E-state index contributed by atoms with van der Waals surface area (Å²) in [7, 11) is -1.84.